The Bertz CT molecular complexity index is 200. The standard InChI is InChI=1S/C12H18/c1-2-3-4-5-11-8-10-6-7-12(11)9-10/h2-3,6-7,10-12H,4-5,8-9H2,1H3. The van der Waals surface area contributed by atoms with Crippen molar-refractivity contribution < 1.29 is 0 Å². The highest BCUT2D eigenvalue weighted by molar-refractivity contribution is 5.10. The number of rotatable bonds is 3. The molecule has 66 valence electrons. The first kappa shape index (κ1) is 8.10. The number of hydrogen-bond acceptors (Lipinski definition) is 0. The number of fused-ring (bicyclic) bond motifs is 2. The second-order valence-corrected chi connectivity index (χ2v) is 4.19. The van der Waals surface area contributed by atoms with E-state index >= 15 is 0 Å². The van der Waals surface area contributed by atoms with Crippen LogP contribution in [-0.2, 0) is 0 Å². The van der Waals surface area contributed by atoms with Gasteiger partial charge in [-0.1, -0.05) is 24.3 Å². The molecule has 0 heterocycles. The van der Waals surface area contributed by atoms with Crippen LogP contribution in [0.1, 0.15) is 32.6 Å². The predicted octanol–water partition coefficient (Wildman–Crippen LogP) is 3.55. The molecule has 2 rings (SSSR count). The van der Waals surface area contributed by atoms with Gasteiger partial charge in [0.2, 0.25) is 0 Å². The molecular weight excluding hydrogens is 144 g/mol. The molecule has 3 unspecified atom stereocenters. The van der Waals surface area contributed by atoms with Gasteiger partial charge in [-0.25, -0.2) is 0 Å². The van der Waals surface area contributed by atoms with Crippen molar-refractivity contribution in [3.05, 3.63) is 24.3 Å². The molecule has 12 heavy (non-hydrogen) atoms. The van der Waals surface area contributed by atoms with E-state index in [2.05, 4.69) is 31.2 Å². The average molecular weight is 162 g/mol. The second kappa shape index (κ2) is 3.47. The van der Waals surface area contributed by atoms with E-state index in [4.69, 9.17) is 0 Å². The van der Waals surface area contributed by atoms with Crippen LogP contribution in [0.2, 0.25) is 0 Å². The summed E-state index contributed by atoms with van der Waals surface area (Å²) >= 11 is 0. The summed E-state index contributed by atoms with van der Waals surface area (Å²) in [5.74, 6) is 2.90. The lowest BCUT2D eigenvalue weighted by molar-refractivity contribution is 0.419. The van der Waals surface area contributed by atoms with Crippen LogP contribution in [0, 0.1) is 17.8 Å². The Kier molecular flexibility index (Phi) is 2.34. The summed E-state index contributed by atoms with van der Waals surface area (Å²) in [4.78, 5) is 0. The topological polar surface area (TPSA) is 0 Å². The van der Waals surface area contributed by atoms with E-state index in [0.29, 0.717) is 0 Å². The van der Waals surface area contributed by atoms with Crippen LogP contribution < -0.4 is 0 Å². The predicted molar refractivity (Wildman–Crippen MR) is 52.9 cm³/mol. The lowest BCUT2D eigenvalue weighted by atomic mass is 9.89. The van der Waals surface area contributed by atoms with Crippen molar-refractivity contribution in [2.45, 2.75) is 32.6 Å². The maximum absolute atomic E-state index is 2.45. The molecular formula is C12H18. The van der Waals surface area contributed by atoms with Gasteiger partial charge in [0.15, 0.2) is 0 Å². The third-order valence-corrected chi connectivity index (χ3v) is 3.36. The van der Waals surface area contributed by atoms with Gasteiger partial charge in [-0.05, 0) is 50.4 Å². The van der Waals surface area contributed by atoms with Gasteiger partial charge in [-0.3, -0.25) is 0 Å². The van der Waals surface area contributed by atoms with Gasteiger partial charge < -0.3 is 0 Å². The molecule has 2 bridgehead atoms. The maximum atomic E-state index is 2.45. The molecule has 0 aromatic rings. The summed E-state index contributed by atoms with van der Waals surface area (Å²) in [7, 11) is 0. The van der Waals surface area contributed by atoms with Crippen molar-refractivity contribution in [1.29, 1.82) is 0 Å². The van der Waals surface area contributed by atoms with Gasteiger partial charge in [0.1, 0.15) is 0 Å². The van der Waals surface area contributed by atoms with Crippen LogP contribution in [0.5, 0.6) is 0 Å². The lowest BCUT2D eigenvalue weighted by Gasteiger charge is -2.16. The molecule has 3 atom stereocenters. The zero-order valence-corrected chi connectivity index (χ0v) is 7.87. The highest BCUT2D eigenvalue weighted by Crippen LogP contribution is 2.45. The van der Waals surface area contributed by atoms with E-state index < -0.39 is 0 Å². The van der Waals surface area contributed by atoms with Gasteiger partial charge in [0.25, 0.3) is 0 Å². The first-order valence-electron chi connectivity index (χ1n) is 5.19. The molecule has 0 aromatic heterocycles. The summed E-state index contributed by atoms with van der Waals surface area (Å²) in [5, 5.41) is 0. The third kappa shape index (κ3) is 1.48. The molecule has 0 amide bonds. The fourth-order valence-electron chi connectivity index (χ4n) is 2.70. The van der Waals surface area contributed by atoms with Crippen molar-refractivity contribution in [1.82, 2.24) is 0 Å². The quantitative estimate of drug-likeness (QED) is 0.557. The van der Waals surface area contributed by atoms with E-state index in [1.807, 2.05) is 0 Å². The van der Waals surface area contributed by atoms with E-state index in [0.717, 1.165) is 17.8 Å². The minimum Gasteiger partial charge on any atom is -0.0917 e. The van der Waals surface area contributed by atoms with Crippen LogP contribution in [0.3, 0.4) is 0 Å². The number of allylic oxidation sites excluding steroid dienone is 4. The molecule has 0 nitrogen and oxygen atoms in total. The average Bonchev–Trinajstić information content (AvgIpc) is 2.65. The molecule has 0 N–H and O–H groups in total. The molecule has 0 aromatic carbocycles. The lowest BCUT2D eigenvalue weighted by Crippen LogP contribution is -2.05. The van der Waals surface area contributed by atoms with Gasteiger partial charge in [0, 0.05) is 0 Å². The van der Waals surface area contributed by atoms with Crippen molar-refractivity contribution in [2.24, 2.45) is 17.8 Å². The van der Waals surface area contributed by atoms with Gasteiger partial charge in [0.05, 0.1) is 0 Å². The Labute approximate surface area is 75.4 Å². The highest BCUT2D eigenvalue weighted by atomic mass is 14.4. The normalized spacial score (nSPS) is 38.6. The van der Waals surface area contributed by atoms with Crippen LogP contribution in [-0.4, -0.2) is 0 Å². The summed E-state index contributed by atoms with van der Waals surface area (Å²) in [5.41, 5.74) is 0. The molecule has 0 saturated heterocycles. The first-order chi connectivity index (χ1) is 5.90. The van der Waals surface area contributed by atoms with E-state index in [9.17, 15) is 0 Å². The van der Waals surface area contributed by atoms with Gasteiger partial charge in [-0.15, -0.1) is 0 Å². The molecule has 1 fully saturated rings. The monoisotopic (exact) mass is 162 g/mol. The SMILES string of the molecule is CC=CCCC1CC2C=CC1C2. The summed E-state index contributed by atoms with van der Waals surface area (Å²) < 4.78 is 0. The van der Waals surface area contributed by atoms with Gasteiger partial charge >= 0.3 is 0 Å². The van der Waals surface area contributed by atoms with E-state index in [1.165, 1.54) is 25.7 Å². The molecule has 2 aliphatic carbocycles. The fraction of sp³-hybridized carbons (Fsp3) is 0.667. The van der Waals surface area contributed by atoms with E-state index in [-0.39, 0.29) is 0 Å². The molecule has 0 aliphatic heterocycles. The molecule has 0 spiro atoms. The first-order valence-corrected chi connectivity index (χ1v) is 5.19. The Morgan fingerprint density at radius 1 is 1.33 bits per heavy atom. The summed E-state index contributed by atoms with van der Waals surface area (Å²) in [6, 6.07) is 0. The maximum Gasteiger partial charge on any atom is -0.0199 e. The number of hydrogen-bond donors (Lipinski definition) is 0. The van der Waals surface area contributed by atoms with E-state index in [1.54, 1.807) is 0 Å². The largest absolute Gasteiger partial charge is 0.0917 e. The van der Waals surface area contributed by atoms with Crippen LogP contribution >= 0.6 is 0 Å². The summed E-state index contributed by atoms with van der Waals surface area (Å²) in [6.07, 6.45) is 15.0. The molecule has 0 radical (unpaired) electrons. The van der Waals surface area contributed by atoms with Crippen LogP contribution in [0.15, 0.2) is 24.3 Å². The minimum absolute atomic E-state index is 0.945. The van der Waals surface area contributed by atoms with Crippen molar-refractivity contribution >= 4 is 0 Å². The summed E-state index contributed by atoms with van der Waals surface area (Å²) in [6.45, 7) is 2.11. The molecule has 0 heteroatoms. The van der Waals surface area contributed by atoms with Crippen LogP contribution in [0.25, 0.3) is 0 Å². The van der Waals surface area contributed by atoms with Crippen molar-refractivity contribution in [3.63, 3.8) is 0 Å². The molecule has 2 aliphatic rings. The molecule has 1 saturated carbocycles. The fourth-order valence-corrected chi connectivity index (χ4v) is 2.70. The smallest absolute Gasteiger partial charge is 0.0199 e. The Morgan fingerprint density at radius 2 is 2.25 bits per heavy atom. The van der Waals surface area contributed by atoms with Gasteiger partial charge in [-0.2, -0.15) is 0 Å². The zero-order chi connectivity index (χ0) is 8.39. The Hall–Kier alpha value is -0.520. The minimum atomic E-state index is 0.945. The second-order valence-electron chi connectivity index (χ2n) is 4.19. The van der Waals surface area contributed by atoms with Crippen molar-refractivity contribution in [2.75, 3.05) is 0 Å². The third-order valence-electron chi connectivity index (χ3n) is 3.36. The Morgan fingerprint density at radius 3 is 2.83 bits per heavy atom. The van der Waals surface area contributed by atoms with Crippen LogP contribution in [0.4, 0.5) is 0 Å². The zero-order valence-electron chi connectivity index (χ0n) is 7.87. The highest BCUT2D eigenvalue weighted by Gasteiger charge is 2.34. The van der Waals surface area contributed by atoms with Crippen molar-refractivity contribution in [3.8, 4) is 0 Å². The Balaban J connectivity index is 1.80.